The number of carboxylic acids is 1. The highest BCUT2D eigenvalue weighted by molar-refractivity contribution is 5.77. The molecule has 0 radical (unpaired) electrons. The molecular weight excluding hydrogens is 252 g/mol. The highest BCUT2D eigenvalue weighted by Crippen LogP contribution is 2.08. The van der Waals surface area contributed by atoms with Crippen molar-refractivity contribution in [2.24, 2.45) is 0 Å². The second kappa shape index (κ2) is 9.57. The standard InChI is InChI=1S/C12H24N2O5/c1-4-9(5-2)14(6-7-15)12(18)13-8-10(19-3)11(16)17/h9-10,15H,4-8H2,1-3H3,(H,13,18)(H,16,17). The summed E-state index contributed by atoms with van der Waals surface area (Å²) in [7, 11) is 1.28. The van der Waals surface area contributed by atoms with Crippen LogP contribution in [0.4, 0.5) is 4.79 Å². The van der Waals surface area contributed by atoms with E-state index in [1.54, 1.807) is 0 Å². The average Bonchev–Trinajstić information content (AvgIpc) is 2.39. The number of aliphatic carboxylic acids is 1. The summed E-state index contributed by atoms with van der Waals surface area (Å²) in [4.78, 5) is 24.3. The molecule has 0 heterocycles. The number of ether oxygens (including phenoxy) is 1. The van der Waals surface area contributed by atoms with Gasteiger partial charge in [-0.05, 0) is 12.8 Å². The number of carboxylic acid groups (broad SMARTS) is 1. The Morgan fingerprint density at radius 2 is 1.89 bits per heavy atom. The van der Waals surface area contributed by atoms with Gasteiger partial charge in [-0.2, -0.15) is 0 Å². The number of amides is 2. The zero-order valence-electron chi connectivity index (χ0n) is 11.8. The van der Waals surface area contributed by atoms with E-state index in [2.05, 4.69) is 5.32 Å². The molecule has 0 aromatic carbocycles. The van der Waals surface area contributed by atoms with E-state index >= 15 is 0 Å². The molecule has 0 rings (SSSR count). The smallest absolute Gasteiger partial charge is 0.334 e. The van der Waals surface area contributed by atoms with Crippen LogP contribution in [0.1, 0.15) is 26.7 Å². The van der Waals surface area contributed by atoms with Gasteiger partial charge in [0.1, 0.15) is 0 Å². The van der Waals surface area contributed by atoms with Gasteiger partial charge in [-0.25, -0.2) is 9.59 Å². The normalized spacial score (nSPS) is 12.3. The van der Waals surface area contributed by atoms with Crippen molar-refractivity contribution >= 4 is 12.0 Å². The van der Waals surface area contributed by atoms with Gasteiger partial charge < -0.3 is 25.2 Å². The van der Waals surface area contributed by atoms with E-state index < -0.39 is 12.1 Å². The van der Waals surface area contributed by atoms with E-state index in [0.717, 1.165) is 12.8 Å². The third kappa shape index (κ3) is 5.89. The summed E-state index contributed by atoms with van der Waals surface area (Å²) >= 11 is 0. The van der Waals surface area contributed by atoms with Crippen molar-refractivity contribution < 1.29 is 24.5 Å². The van der Waals surface area contributed by atoms with Gasteiger partial charge in [-0.1, -0.05) is 13.8 Å². The molecule has 0 saturated heterocycles. The van der Waals surface area contributed by atoms with E-state index in [-0.39, 0.29) is 31.8 Å². The minimum Gasteiger partial charge on any atom is -0.479 e. The van der Waals surface area contributed by atoms with E-state index in [1.165, 1.54) is 12.0 Å². The number of hydrogen-bond donors (Lipinski definition) is 3. The number of urea groups is 1. The Kier molecular flexibility index (Phi) is 8.90. The monoisotopic (exact) mass is 276 g/mol. The zero-order valence-corrected chi connectivity index (χ0v) is 11.8. The van der Waals surface area contributed by atoms with Crippen molar-refractivity contribution in [3.63, 3.8) is 0 Å². The first kappa shape index (κ1) is 17.7. The summed E-state index contributed by atoms with van der Waals surface area (Å²) in [5.41, 5.74) is 0. The van der Waals surface area contributed by atoms with E-state index in [9.17, 15) is 9.59 Å². The molecule has 0 aliphatic heterocycles. The van der Waals surface area contributed by atoms with Gasteiger partial charge >= 0.3 is 12.0 Å². The number of carbonyl (C=O) groups is 2. The molecule has 1 unspecified atom stereocenters. The summed E-state index contributed by atoms with van der Waals surface area (Å²) in [5, 5.41) is 20.3. The van der Waals surface area contributed by atoms with Crippen molar-refractivity contribution in [2.75, 3.05) is 26.8 Å². The zero-order chi connectivity index (χ0) is 14.8. The fourth-order valence-corrected chi connectivity index (χ4v) is 1.84. The fourth-order valence-electron chi connectivity index (χ4n) is 1.84. The molecule has 0 aliphatic carbocycles. The van der Waals surface area contributed by atoms with Gasteiger partial charge in [0.15, 0.2) is 6.10 Å². The Balaban J connectivity index is 4.51. The van der Waals surface area contributed by atoms with Gasteiger partial charge in [-0.3, -0.25) is 0 Å². The lowest BCUT2D eigenvalue weighted by Crippen LogP contribution is -2.49. The van der Waals surface area contributed by atoms with Crippen LogP contribution in [0.5, 0.6) is 0 Å². The third-order valence-corrected chi connectivity index (χ3v) is 2.98. The largest absolute Gasteiger partial charge is 0.479 e. The lowest BCUT2D eigenvalue weighted by molar-refractivity contribution is -0.148. The van der Waals surface area contributed by atoms with Gasteiger partial charge in [0.25, 0.3) is 0 Å². The molecular formula is C12H24N2O5. The summed E-state index contributed by atoms with van der Waals surface area (Å²) < 4.78 is 4.73. The minimum absolute atomic E-state index is 0.0259. The van der Waals surface area contributed by atoms with Gasteiger partial charge in [0.2, 0.25) is 0 Å². The number of carbonyl (C=O) groups excluding carboxylic acids is 1. The van der Waals surface area contributed by atoms with E-state index in [4.69, 9.17) is 14.9 Å². The molecule has 7 heteroatoms. The van der Waals surface area contributed by atoms with Gasteiger partial charge in [-0.15, -0.1) is 0 Å². The molecule has 1 atom stereocenters. The number of aliphatic hydroxyl groups excluding tert-OH is 1. The van der Waals surface area contributed by atoms with Crippen molar-refractivity contribution in [3.8, 4) is 0 Å². The topological polar surface area (TPSA) is 99.1 Å². The molecule has 0 bridgehead atoms. The molecule has 0 aromatic heterocycles. The number of methoxy groups -OCH3 is 1. The summed E-state index contributed by atoms with van der Waals surface area (Å²) in [6, 6.07) is -0.357. The van der Waals surface area contributed by atoms with Crippen molar-refractivity contribution in [1.82, 2.24) is 10.2 Å². The summed E-state index contributed by atoms with van der Waals surface area (Å²) in [5.74, 6) is -1.13. The number of aliphatic hydroxyl groups is 1. The first-order valence-corrected chi connectivity index (χ1v) is 6.42. The predicted octanol–water partition coefficient (Wildman–Crippen LogP) is 0.279. The molecule has 0 aliphatic rings. The number of hydrogen-bond acceptors (Lipinski definition) is 4. The van der Waals surface area contributed by atoms with Crippen LogP contribution in [-0.4, -0.2) is 66.1 Å². The Labute approximate surface area is 113 Å². The lowest BCUT2D eigenvalue weighted by Gasteiger charge is -2.30. The van der Waals surface area contributed by atoms with Crippen molar-refractivity contribution in [1.29, 1.82) is 0 Å². The lowest BCUT2D eigenvalue weighted by atomic mass is 10.1. The molecule has 7 nitrogen and oxygen atoms in total. The second-order valence-corrected chi connectivity index (χ2v) is 4.14. The Bertz CT molecular complexity index is 281. The molecule has 2 amide bonds. The Hall–Kier alpha value is -1.34. The van der Waals surface area contributed by atoms with Crippen LogP contribution in [0.3, 0.4) is 0 Å². The van der Waals surface area contributed by atoms with Crippen LogP contribution in [0.25, 0.3) is 0 Å². The maximum absolute atomic E-state index is 12.0. The Morgan fingerprint density at radius 1 is 1.32 bits per heavy atom. The number of nitrogens with zero attached hydrogens (tertiary/aromatic N) is 1. The number of nitrogens with one attached hydrogen (secondary N) is 1. The fraction of sp³-hybridized carbons (Fsp3) is 0.833. The van der Waals surface area contributed by atoms with E-state index in [1.807, 2.05) is 13.8 Å². The molecule has 112 valence electrons. The van der Waals surface area contributed by atoms with Crippen LogP contribution < -0.4 is 5.32 Å². The van der Waals surface area contributed by atoms with Crippen molar-refractivity contribution in [3.05, 3.63) is 0 Å². The Morgan fingerprint density at radius 3 is 2.26 bits per heavy atom. The van der Waals surface area contributed by atoms with Crippen molar-refractivity contribution in [2.45, 2.75) is 38.8 Å². The van der Waals surface area contributed by atoms with Crippen LogP contribution in [0.2, 0.25) is 0 Å². The highest BCUT2D eigenvalue weighted by atomic mass is 16.5. The third-order valence-electron chi connectivity index (χ3n) is 2.98. The SMILES string of the molecule is CCC(CC)N(CCO)C(=O)NCC(OC)C(=O)O. The summed E-state index contributed by atoms with van der Waals surface area (Å²) in [6.07, 6.45) is 0.481. The first-order valence-electron chi connectivity index (χ1n) is 6.42. The average molecular weight is 276 g/mol. The quantitative estimate of drug-likeness (QED) is 0.561. The van der Waals surface area contributed by atoms with Crippen LogP contribution in [0.15, 0.2) is 0 Å². The predicted molar refractivity (Wildman–Crippen MR) is 70.0 cm³/mol. The maximum atomic E-state index is 12.0. The molecule has 0 spiro atoms. The first-order chi connectivity index (χ1) is 9.01. The molecule has 0 saturated carbocycles. The molecule has 0 fully saturated rings. The molecule has 3 N–H and O–H groups in total. The summed E-state index contributed by atoms with van der Waals surface area (Å²) in [6.45, 7) is 3.91. The van der Waals surface area contributed by atoms with Crippen LogP contribution in [0, 0.1) is 0 Å². The van der Waals surface area contributed by atoms with Crippen LogP contribution in [-0.2, 0) is 9.53 Å². The number of rotatable bonds is 9. The highest BCUT2D eigenvalue weighted by Gasteiger charge is 2.23. The molecule has 19 heavy (non-hydrogen) atoms. The minimum atomic E-state index is -1.13. The second-order valence-electron chi connectivity index (χ2n) is 4.14. The van der Waals surface area contributed by atoms with E-state index in [0.29, 0.717) is 0 Å². The molecule has 0 aromatic rings. The van der Waals surface area contributed by atoms with Gasteiger partial charge in [0.05, 0.1) is 13.2 Å². The maximum Gasteiger partial charge on any atom is 0.334 e. The van der Waals surface area contributed by atoms with Gasteiger partial charge in [0, 0.05) is 19.7 Å². The van der Waals surface area contributed by atoms with Crippen LogP contribution >= 0.6 is 0 Å².